The first-order valence-corrected chi connectivity index (χ1v) is 4.51. The van der Waals surface area contributed by atoms with Crippen molar-refractivity contribution in [3.8, 4) is 12.5 Å². The smallest absolute Gasteiger partial charge is 0.410 e. The lowest BCUT2D eigenvalue weighted by Crippen LogP contribution is -2.47. The minimum atomic E-state index is -0.290. The summed E-state index contributed by atoms with van der Waals surface area (Å²) in [6.45, 7) is 6.40. The molecule has 4 heteroatoms. The number of carbonyl (C=O) groups excluding carboxylic acids is 1. The summed E-state index contributed by atoms with van der Waals surface area (Å²) in [5.41, 5.74) is 0. The summed E-state index contributed by atoms with van der Waals surface area (Å²) in [6.07, 6.45) is 6.49. The summed E-state index contributed by atoms with van der Waals surface area (Å²) in [5.74, 6) is 0. The predicted octanol–water partition coefficient (Wildman–Crippen LogP) is 0.517. The summed E-state index contributed by atoms with van der Waals surface area (Å²) in [5, 5.41) is 0. The van der Waals surface area contributed by atoms with Gasteiger partial charge in [0, 0.05) is 32.2 Å². The highest BCUT2D eigenvalue weighted by atomic mass is 16.6. The number of nitrogens with zero attached hydrogens (tertiary/aromatic N) is 2. The molecule has 14 heavy (non-hydrogen) atoms. The van der Waals surface area contributed by atoms with Crippen molar-refractivity contribution < 1.29 is 9.53 Å². The molecule has 0 saturated carbocycles. The highest BCUT2D eigenvalue weighted by Gasteiger charge is 2.20. The molecule has 1 aliphatic heterocycles. The van der Waals surface area contributed by atoms with Gasteiger partial charge in [-0.15, -0.1) is 0 Å². The molecule has 0 aliphatic carbocycles. The largest absolute Gasteiger partial charge is 0.445 e. The third-order valence-electron chi connectivity index (χ3n) is 2.05. The fraction of sp³-hybridized carbons (Fsp3) is 0.500. The van der Waals surface area contributed by atoms with Gasteiger partial charge < -0.3 is 14.5 Å². The molecule has 1 amide bonds. The third-order valence-corrected chi connectivity index (χ3v) is 2.05. The van der Waals surface area contributed by atoms with E-state index in [-0.39, 0.29) is 12.7 Å². The van der Waals surface area contributed by atoms with Crippen molar-refractivity contribution in [3.63, 3.8) is 0 Å². The molecule has 1 aliphatic rings. The van der Waals surface area contributed by atoms with Crippen molar-refractivity contribution in [2.45, 2.75) is 0 Å². The molecule has 76 valence electrons. The van der Waals surface area contributed by atoms with Crippen LogP contribution in [0.25, 0.3) is 0 Å². The van der Waals surface area contributed by atoms with Gasteiger partial charge in [0.25, 0.3) is 0 Å². The van der Waals surface area contributed by atoms with Crippen molar-refractivity contribution >= 4 is 6.09 Å². The Balaban J connectivity index is 2.31. The second kappa shape index (κ2) is 5.18. The Labute approximate surface area is 84.1 Å². The van der Waals surface area contributed by atoms with E-state index in [0.29, 0.717) is 26.2 Å². The maximum absolute atomic E-state index is 11.3. The van der Waals surface area contributed by atoms with Gasteiger partial charge in [0.1, 0.15) is 6.61 Å². The highest BCUT2D eigenvalue weighted by Crippen LogP contribution is 2.02. The van der Waals surface area contributed by atoms with E-state index < -0.39 is 0 Å². The minimum absolute atomic E-state index is 0.258. The molecular formula is C10H14N2O2. The standard InChI is InChI=1S/C10H14N2O2/c1-3-9-14-10(13)12-7-5-11(4-2)6-8-12/h2-3H,1,5-9H2. The van der Waals surface area contributed by atoms with E-state index >= 15 is 0 Å². The van der Waals surface area contributed by atoms with Crippen LogP contribution >= 0.6 is 0 Å². The van der Waals surface area contributed by atoms with Gasteiger partial charge in [-0.2, -0.15) is 0 Å². The topological polar surface area (TPSA) is 32.8 Å². The molecule has 1 fully saturated rings. The Morgan fingerprint density at radius 2 is 2.14 bits per heavy atom. The Morgan fingerprint density at radius 1 is 1.50 bits per heavy atom. The average molecular weight is 194 g/mol. The Hall–Kier alpha value is -1.63. The second-order valence-corrected chi connectivity index (χ2v) is 2.97. The summed E-state index contributed by atoms with van der Waals surface area (Å²) in [6, 6.07) is 2.54. The molecule has 1 saturated heterocycles. The molecule has 0 atom stereocenters. The second-order valence-electron chi connectivity index (χ2n) is 2.97. The molecule has 0 aromatic rings. The van der Waals surface area contributed by atoms with Crippen molar-refractivity contribution in [2.24, 2.45) is 0 Å². The van der Waals surface area contributed by atoms with Crippen molar-refractivity contribution in [3.05, 3.63) is 12.7 Å². The molecular weight excluding hydrogens is 180 g/mol. The van der Waals surface area contributed by atoms with Crippen molar-refractivity contribution in [1.82, 2.24) is 9.80 Å². The molecule has 1 rings (SSSR count). The highest BCUT2D eigenvalue weighted by molar-refractivity contribution is 5.67. The van der Waals surface area contributed by atoms with Crippen LogP contribution in [-0.4, -0.2) is 48.7 Å². The van der Waals surface area contributed by atoms with Gasteiger partial charge in [0.2, 0.25) is 0 Å². The van der Waals surface area contributed by atoms with Crippen LogP contribution in [0, 0.1) is 12.5 Å². The van der Waals surface area contributed by atoms with Gasteiger partial charge in [-0.1, -0.05) is 19.1 Å². The Bertz CT molecular complexity index is 249. The van der Waals surface area contributed by atoms with E-state index in [4.69, 9.17) is 11.2 Å². The molecule has 0 N–H and O–H groups in total. The van der Waals surface area contributed by atoms with Crippen molar-refractivity contribution in [1.29, 1.82) is 0 Å². The first kappa shape index (κ1) is 10.5. The molecule has 0 bridgehead atoms. The lowest BCUT2D eigenvalue weighted by atomic mass is 10.3. The number of amides is 1. The normalized spacial score (nSPS) is 15.9. The monoisotopic (exact) mass is 194 g/mol. The number of terminal acetylenes is 1. The summed E-state index contributed by atoms with van der Waals surface area (Å²) < 4.78 is 4.90. The SMILES string of the molecule is C#CN1CCN(C(=O)OCC=C)CC1. The number of ether oxygens (including phenoxy) is 1. The third kappa shape index (κ3) is 2.70. The van der Waals surface area contributed by atoms with Gasteiger partial charge in [0.05, 0.1) is 0 Å². The van der Waals surface area contributed by atoms with Crippen LogP contribution < -0.4 is 0 Å². The Morgan fingerprint density at radius 3 is 2.64 bits per heavy atom. The molecule has 0 unspecified atom stereocenters. The van der Waals surface area contributed by atoms with E-state index in [1.165, 1.54) is 0 Å². The number of hydrogen-bond acceptors (Lipinski definition) is 3. The van der Waals surface area contributed by atoms with E-state index in [1.807, 2.05) is 4.90 Å². The zero-order valence-electron chi connectivity index (χ0n) is 8.11. The van der Waals surface area contributed by atoms with E-state index in [0.717, 1.165) is 0 Å². The number of carbonyl (C=O) groups is 1. The summed E-state index contributed by atoms with van der Waals surface area (Å²) in [7, 11) is 0. The molecule has 1 heterocycles. The van der Waals surface area contributed by atoms with E-state index in [1.54, 1.807) is 11.0 Å². The lowest BCUT2D eigenvalue weighted by Gasteiger charge is -2.31. The Kier molecular flexibility index (Phi) is 3.86. The number of piperazine rings is 1. The fourth-order valence-electron chi connectivity index (χ4n) is 1.24. The van der Waals surface area contributed by atoms with Crippen molar-refractivity contribution in [2.75, 3.05) is 32.8 Å². The van der Waals surface area contributed by atoms with Crippen LogP contribution in [-0.2, 0) is 4.74 Å². The maximum Gasteiger partial charge on any atom is 0.410 e. The molecule has 0 aromatic carbocycles. The number of rotatable bonds is 2. The molecule has 0 radical (unpaired) electrons. The lowest BCUT2D eigenvalue weighted by molar-refractivity contribution is 0.0950. The van der Waals surface area contributed by atoms with Crippen LogP contribution in [0.3, 0.4) is 0 Å². The van der Waals surface area contributed by atoms with Gasteiger partial charge in [-0.25, -0.2) is 4.79 Å². The number of hydrogen-bond donors (Lipinski definition) is 0. The van der Waals surface area contributed by atoms with Crippen LogP contribution in [0.4, 0.5) is 4.79 Å². The van der Waals surface area contributed by atoms with Crippen LogP contribution in [0.2, 0.25) is 0 Å². The van der Waals surface area contributed by atoms with E-state index in [9.17, 15) is 4.79 Å². The molecule has 0 aromatic heterocycles. The zero-order chi connectivity index (χ0) is 10.4. The van der Waals surface area contributed by atoms with E-state index in [2.05, 4.69) is 12.6 Å². The van der Waals surface area contributed by atoms with Gasteiger partial charge >= 0.3 is 6.09 Å². The molecule has 4 nitrogen and oxygen atoms in total. The maximum atomic E-state index is 11.3. The van der Waals surface area contributed by atoms with Gasteiger partial charge in [0.15, 0.2) is 0 Å². The first-order valence-electron chi connectivity index (χ1n) is 4.51. The van der Waals surface area contributed by atoms with Gasteiger partial charge in [-0.05, 0) is 0 Å². The summed E-state index contributed by atoms with van der Waals surface area (Å²) in [4.78, 5) is 14.8. The minimum Gasteiger partial charge on any atom is -0.445 e. The first-order chi connectivity index (χ1) is 6.77. The zero-order valence-corrected chi connectivity index (χ0v) is 8.11. The molecule has 0 spiro atoms. The van der Waals surface area contributed by atoms with Crippen LogP contribution in [0.15, 0.2) is 12.7 Å². The average Bonchev–Trinajstić information content (AvgIpc) is 2.26. The predicted molar refractivity (Wildman–Crippen MR) is 53.5 cm³/mol. The fourth-order valence-corrected chi connectivity index (χ4v) is 1.24. The summed E-state index contributed by atoms with van der Waals surface area (Å²) >= 11 is 0. The van der Waals surface area contributed by atoms with Crippen LogP contribution in [0.5, 0.6) is 0 Å². The van der Waals surface area contributed by atoms with Crippen LogP contribution in [0.1, 0.15) is 0 Å². The van der Waals surface area contributed by atoms with Gasteiger partial charge in [-0.3, -0.25) is 0 Å². The quantitative estimate of drug-likeness (QED) is 0.474.